The molecule has 4 heteroatoms. The third-order valence-corrected chi connectivity index (χ3v) is 4.26. The van der Waals surface area contributed by atoms with Crippen molar-refractivity contribution in [2.75, 3.05) is 13.0 Å². The van der Waals surface area contributed by atoms with E-state index in [0.717, 1.165) is 22.1 Å². The summed E-state index contributed by atoms with van der Waals surface area (Å²) in [5, 5.41) is 5.16. The summed E-state index contributed by atoms with van der Waals surface area (Å²) in [6.45, 7) is 4.08. The Morgan fingerprint density at radius 1 is 1.24 bits per heavy atom. The molecule has 0 spiro atoms. The van der Waals surface area contributed by atoms with Gasteiger partial charge in [-0.1, -0.05) is 30.3 Å². The highest BCUT2D eigenvalue weighted by atomic mass is 35.5. The molecule has 1 N–H and O–H groups in total. The summed E-state index contributed by atoms with van der Waals surface area (Å²) in [5.41, 5.74) is 0.397. The van der Waals surface area contributed by atoms with Crippen LogP contribution in [0.2, 0.25) is 0 Å². The number of nitrogens with one attached hydrogen (secondary N) is 1. The normalized spacial score (nSPS) is 11.4. The van der Waals surface area contributed by atoms with Crippen LogP contribution in [0.25, 0.3) is 10.8 Å². The third kappa shape index (κ3) is 3.30. The lowest BCUT2D eigenvalue weighted by Crippen LogP contribution is -2.37. The third-order valence-electron chi connectivity index (χ3n) is 3.59. The van der Waals surface area contributed by atoms with E-state index < -0.39 is 5.41 Å². The first-order chi connectivity index (χ1) is 9.99. The Kier molecular flexibility index (Phi) is 4.73. The maximum Gasteiger partial charge on any atom is 0.227 e. The molecule has 0 unspecified atom stereocenters. The monoisotopic (exact) mass is 305 g/mol. The van der Waals surface area contributed by atoms with E-state index in [-0.39, 0.29) is 11.8 Å². The van der Waals surface area contributed by atoms with Gasteiger partial charge in [-0.15, -0.1) is 11.6 Å². The molecule has 0 fully saturated rings. The molecule has 2 aromatic carbocycles. The van der Waals surface area contributed by atoms with Crippen molar-refractivity contribution in [1.29, 1.82) is 0 Å². The van der Waals surface area contributed by atoms with Crippen molar-refractivity contribution in [3.63, 3.8) is 0 Å². The van der Waals surface area contributed by atoms with Gasteiger partial charge in [-0.3, -0.25) is 4.79 Å². The smallest absolute Gasteiger partial charge is 0.227 e. The van der Waals surface area contributed by atoms with Gasteiger partial charge >= 0.3 is 0 Å². The van der Waals surface area contributed by atoms with E-state index >= 15 is 0 Å². The highest BCUT2D eigenvalue weighted by molar-refractivity contribution is 6.19. The number of hydrogen-bond acceptors (Lipinski definition) is 2. The molecule has 0 bridgehead atoms. The molecule has 21 heavy (non-hydrogen) atoms. The van der Waals surface area contributed by atoms with Crippen LogP contribution in [0.4, 0.5) is 0 Å². The Hall–Kier alpha value is -1.74. The molecule has 1 amide bonds. The minimum Gasteiger partial charge on any atom is -0.496 e. The zero-order chi connectivity index (χ0) is 15.5. The molecule has 0 saturated heterocycles. The first-order valence-corrected chi connectivity index (χ1v) is 7.42. The second-order valence-corrected chi connectivity index (χ2v) is 5.93. The second-order valence-electron chi connectivity index (χ2n) is 5.67. The molecule has 2 aromatic rings. The van der Waals surface area contributed by atoms with Crippen molar-refractivity contribution in [2.24, 2.45) is 5.41 Å². The molecular formula is C17H20ClNO2. The van der Waals surface area contributed by atoms with Crippen LogP contribution in [0.15, 0.2) is 36.4 Å². The number of carbonyl (C=O) groups is 1. The predicted molar refractivity (Wildman–Crippen MR) is 86.8 cm³/mol. The van der Waals surface area contributed by atoms with Crippen LogP contribution in [0.1, 0.15) is 19.4 Å². The maximum atomic E-state index is 12.2. The van der Waals surface area contributed by atoms with Gasteiger partial charge in [-0.25, -0.2) is 0 Å². The van der Waals surface area contributed by atoms with Gasteiger partial charge in [-0.05, 0) is 30.7 Å². The van der Waals surface area contributed by atoms with Gasteiger partial charge in [0.2, 0.25) is 5.91 Å². The fourth-order valence-corrected chi connectivity index (χ4v) is 2.28. The molecule has 0 aliphatic carbocycles. The van der Waals surface area contributed by atoms with Crippen LogP contribution in [0.5, 0.6) is 5.75 Å². The summed E-state index contributed by atoms with van der Waals surface area (Å²) < 4.78 is 5.42. The van der Waals surface area contributed by atoms with Crippen LogP contribution in [-0.2, 0) is 11.3 Å². The van der Waals surface area contributed by atoms with Crippen molar-refractivity contribution in [3.05, 3.63) is 42.0 Å². The Labute approximate surface area is 130 Å². The quantitative estimate of drug-likeness (QED) is 0.855. The summed E-state index contributed by atoms with van der Waals surface area (Å²) in [5.74, 6) is 0.996. The number of methoxy groups -OCH3 is 1. The van der Waals surface area contributed by atoms with Gasteiger partial charge in [0.25, 0.3) is 0 Å². The number of benzene rings is 2. The van der Waals surface area contributed by atoms with Gasteiger partial charge in [-0.2, -0.15) is 0 Å². The van der Waals surface area contributed by atoms with Gasteiger partial charge in [0.15, 0.2) is 0 Å². The minimum atomic E-state index is -0.584. The predicted octanol–water partition coefficient (Wildman–Crippen LogP) is 3.73. The van der Waals surface area contributed by atoms with E-state index in [9.17, 15) is 4.79 Å². The van der Waals surface area contributed by atoms with Gasteiger partial charge in [0.05, 0.1) is 12.5 Å². The van der Waals surface area contributed by atoms with Crippen molar-refractivity contribution >= 4 is 28.3 Å². The number of fused-ring (bicyclic) bond motifs is 1. The molecule has 0 aromatic heterocycles. The molecule has 0 radical (unpaired) electrons. The van der Waals surface area contributed by atoms with Crippen LogP contribution < -0.4 is 10.1 Å². The average molecular weight is 306 g/mol. The molecule has 0 heterocycles. The number of carbonyl (C=O) groups excluding carboxylic acids is 1. The summed E-state index contributed by atoms with van der Waals surface area (Å²) in [6.07, 6.45) is 0. The Morgan fingerprint density at radius 2 is 1.95 bits per heavy atom. The first kappa shape index (κ1) is 15.6. The van der Waals surface area contributed by atoms with Crippen molar-refractivity contribution < 1.29 is 9.53 Å². The number of halogens is 1. The topological polar surface area (TPSA) is 38.3 Å². The number of amides is 1. The van der Waals surface area contributed by atoms with Gasteiger partial charge in [0.1, 0.15) is 5.75 Å². The average Bonchev–Trinajstić information content (AvgIpc) is 2.51. The summed E-state index contributed by atoms with van der Waals surface area (Å²) in [6, 6.07) is 12.0. The second kappa shape index (κ2) is 6.35. The lowest BCUT2D eigenvalue weighted by Gasteiger charge is -2.21. The maximum absolute atomic E-state index is 12.2. The SMILES string of the molecule is COc1ccc2ccccc2c1CNC(=O)C(C)(C)CCl. The zero-order valence-corrected chi connectivity index (χ0v) is 13.3. The molecule has 112 valence electrons. The van der Waals surface area contributed by atoms with Crippen molar-refractivity contribution in [3.8, 4) is 5.75 Å². The number of hydrogen-bond donors (Lipinski definition) is 1. The van der Waals surface area contributed by atoms with Crippen LogP contribution in [0.3, 0.4) is 0 Å². The van der Waals surface area contributed by atoms with Gasteiger partial charge in [0, 0.05) is 18.0 Å². The van der Waals surface area contributed by atoms with Crippen molar-refractivity contribution in [2.45, 2.75) is 20.4 Å². The molecule has 0 aliphatic heterocycles. The van der Waals surface area contributed by atoms with Crippen LogP contribution >= 0.6 is 11.6 Å². The summed E-state index contributed by atoms with van der Waals surface area (Å²) >= 11 is 5.84. The Bertz CT molecular complexity index is 652. The van der Waals surface area contributed by atoms with E-state index in [0.29, 0.717) is 6.54 Å². The lowest BCUT2D eigenvalue weighted by molar-refractivity contribution is -0.128. The number of rotatable bonds is 5. The lowest BCUT2D eigenvalue weighted by atomic mass is 9.95. The molecule has 0 saturated carbocycles. The van der Waals surface area contributed by atoms with E-state index in [1.165, 1.54) is 0 Å². The van der Waals surface area contributed by atoms with Gasteiger partial charge < -0.3 is 10.1 Å². The zero-order valence-electron chi connectivity index (χ0n) is 12.6. The van der Waals surface area contributed by atoms with E-state index in [1.54, 1.807) is 7.11 Å². The highest BCUT2D eigenvalue weighted by Gasteiger charge is 2.26. The standard InChI is InChI=1S/C17H20ClNO2/c1-17(2,11-18)16(20)19-10-14-13-7-5-4-6-12(13)8-9-15(14)21-3/h4-9H,10-11H2,1-3H3,(H,19,20). The number of alkyl halides is 1. The molecular weight excluding hydrogens is 286 g/mol. The highest BCUT2D eigenvalue weighted by Crippen LogP contribution is 2.28. The Morgan fingerprint density at radius 3 is 2.62 bits per heavy atom. The number of ether oxygens (including phenoxy) is 1. The first-order valence-electron chi connectivity index (χ1n) is 6.88. The van der Waals surface area contributed by atoms with Crippen LogP contribution in [-0.4, -0.2) is 18.9 Å². The largest absolute Gasteiger partial charge is 0.496 e. The van der Waals surface area contributed by atoms with E-state index in [2.05, 4.69) is 5.32 Å². The van der Waals surface area contributed by atoms with Crippen LogP contribution in [0, 0.1) is 5.41 Å². The fourth-order valence-electron chi connectivity index (χ4n) is 2.16. The molecule has 0 atom stereocenters. The Balaban J connectivity index is 2.31. The molecule has 0 aliphatic rings. The fraction of sp³-hybridized carbons (Fsp3) is 0.353. The van der Waals surface area contributed by atoms with E-state index in [4.69, 9.17) is 16.3 Å². The molecule has 2 rings (SSSR count). The summed E-state index contributed by atoms with van der Waals surface area (Å²) in [7, 11) is 1.64. The molecule has 3 nitrogen and oxygen atoms in total. The van der Waals surface area contributed by atoms with Crippen molar-refractivity contribution in [1.82, 2.24) is 5.32 Å². The minimum absolute atomic E-state index is 0.0625. The summed E-state index contributed by atoms with van der Waals surface area (Å²) in [4.78, 5) is 12.2. The van der Waals surface area contributed by atoms with E-state index in [1.807, 2.05) is 50.2 Å².